The molecule has 0 bridgehead atoms. The first-order valence-corrected chi connectivity index (χ1v) is 6.34. The second kappa shape index (κ2) is 6.25. The molecule has 5 nitrogen and oxygen atoms in total. The number of benzene rings is 1. The molecule has 1 aromatic heterocycles. The number of esters is 1. The Morgan fingerprint density at radius 1 is 1.35 bits per heavy atom. The first-order chi connectivity index (χ1) is 9.60. The van der Waals surface area contributed by atoms with Crippen LogP contribution in [0.5, 0.6) is 11.6 Å². The first kappa shape index (κ1) is 14.1. The third-order valence-electron chi connectivity index (χ3n) is 2.44. The fourth-order valence-corrected chi connectivity index (χ4v) is 1.64. The van der Waals surface area contributed by atoms with Gasteiger partial charge in [-0.15, -0.1) is 0 Å². The van der Waals surface area contributed by atoms with E-state index in [9.17, 15) is 4.79 Å². The average Bonchev–Trinajstić information content (AvgIpc) is 2.43. The van der Waals surface area contributed by atoms with Crippen LogP contribution in [0.2, 0.25) is 5.02 Å². The van der Waals surface area contributed by atoms with E-state index >= 15 is 0 Å². The van der Waals surface area contributed by atoms with Crippen molar-refractivity contribution in [3.63, 3.8) is 0 Å². The lowest BCUT2D eigenvalue weighted by Gasteiger charge is -2.08. The SMILES string of the molecule is CCOC(=O)c1cc(Oc2ccc(Cl)cc2)ncc1N. The summed E-state index contributed by atoms with van der Waals surface area (Å²) >= 11 is 5.79. The zero-order valence-electron chi connectivity index (χ0n) is 10.8. The van der Waals surface area contributed by atoms with Gasteiger partial charge in [0.1, 0.15) is 5.75 Å². The van der Waals surface area contributed by atoms with E-state index in [2.05, 4.69) is 4.98 Å². The van der Waals surface area contributed by atoms with Gasteiger partial charge in [-0.25, -0.2) is 9.78 Å². The predicted octanol–water partition coefficient (Wildman–Crippen LogP) is 3.29. The molecule has 0 radical (unpaired) electrons. The largest absolute Gasteiger partial charge is 0.462 e. The molecule has 0 fully saturated rings. The number of nitrogen functional groups attached to an aromatic ring is 1. The van der Waals surface area contributed by atoms with Crippen molar-refractivity contribution in [2.24, 2.45) is 0 Å². The van der Waals surface area contributed by atoms with Gasteiger partial charge < -0.3 is 15.2 Å². The standard InChI is InChI=1S/C14H13ClN2O3/c1-2-19-14(18)11-7-13(17-8-12(11)16)20-10-5-3-9(15)4-6-10/h3-8H,2,16H2,1H3. The monoisotopic (exact) mass is 292 g/mol. The molecule has 0 aliphatic rings. The van der Waals surface area contributed by atoms with Crippen molar-refractivity contribution in [1.82, 2.24) is 4.98 Å². The summed E-state index contributed by atoms with van der Waals surface area (Å²) in [7, 11) is 0. The molecule has 2 rings (SSSR count). The number of anilines is 1. The van der Waals surface area contributed by atoms with Gasteiger partial charge in [-0.05, 0) is 31.2 Å². The Labute approximate surface area is 121 Å². The van der Waals surface area contributed by atoms with Crippen LogP contribution in [0, 0.1) is 0 Å². The van der Waals surface area contributed by atoms with Crippen molar-refractivity contribution < 1.29 is 14.3 Å². The third-order valence-corrected chi connectivity index (χ3v) is 2.69. The molecule has 2 N–H and O–H groups in total. The topological polar surface area (TPSA) is 74.4 Å². The third kappa shape index (κ3) is 3.39. The summed E-state index contributed by atoms with van der Waals surface area (Å²) in [6, 6.07) is 8.23. The van der Waals surface area contributed by atoms with E-state index in [1.165, 1.54) is 12.3 Å². The van der Waals surface area contributed by atoms with Crippen molar-refractivity contribution in [2.45, 2.75) is 6.92 Å². The van der Waals surface area contributed by atoms with Gasteiger partial charge in [-0.3, -0.25) is 0 Å². The molecule has 0 aliphatic heterocycles. The highest BCUT2D eigenvalue weighted by molar-refractivity contribution is 6.30. The summed E-state index contributed by atoms with van der Waals surface area (Å²) in [4.78, 5) is 15.7. The summed E-state index contributed by atoms with van der Waals surface area (Å²) in [6.07, 6.45) is 1.36. The molecule has 0 spiro atoms. The Bertz CT molecular complexity index is 614. The number of aromatic nitrogens is 1. The molecule has 104 valence electrons. The number of ether oxygens (including phenoxy) is 2. The molecular weight excluding hydrogens is 280 g/mol. The summed E-state index contributed by atoms with van der Waals surface area (Å²) in [5.41, 5.74) is 6.17. The molecular formula is C14H13ClN2O3. The molecule has 0 atom stereocenters. The Hall–Kier alpha value is -2.27. The lowest BCUT2D eigenvalue weighted by atomic mass is 10.2. The number of halogens is 1. The first-order valence-electron chi connectivity index (χ1n) is 5.96. The lowest BCUT2D eigenvalue weighted by Crippen LogP contribution is -2.08. The molecule has 1 aromatic carbocycles. The normalized spacial score (nSPS) is 10.1. The Balaban J connectivity index is 2.22. The minimum absolute atomic E-state index is 0.228. The van der Waals surface area contributed by atoms with Crippen LogP contribution in [-0.2, 0) is 4.74 Å². The molecule has 0 aliphatic carbocycles. The number of nitrogens with zero attached hydrogens (tertiary/aromatic N) is 1. The molecule has 0 unspecified atom stereocenters. The summed E-state index contributed by atoms with van der Waals surface area (Å²) in [5.74, 6) is 0.305. The van der Waals surface area contributed by atoms with Crippen LogP contribution in [0.1, 0.15) is 17.3 Å². The lowest BCUT2D eigenvalue weighted by molar-refractivity contribution is 0.0527. The van der Waals surface area contributed by atoms with Crippen LogP contribution in [0.25, 0.3) is 0 Å². The van der Waals surface area contributed by atoms with Crippen LogP contribution in [-0.4, -0.2) is 17.6 Å². The molecule has 20 heavy (non-hydrogen) atoms. The van der Waals surface area contributed by atoms with E-state index in [-0.39, 0.29) is 23.7 Å². The van der Waals surface area contributed by atoms with E-state index in [4.69, 9.17) is 26.8 Å². The number of nitrogens with two attached hydrogens (primary N) is 1. The number of rotatable bonds is 4. The summed E-state index contributed by atoms with van der Waals surface area (Å²) < 4.78 is 10.4. The molecule has 0 amide bonds. The fraction of sp³-hybridized carbons (Fsp3) is 0.143. The van der Waals surface area contributed by atoms with Gasteiger partial charge in [0.15, 0.2) is 0 Å². The van der Waals surface area contributed by atoms with E-state index < -0.39 is 5.97 Å². The number of carbonyl (C=O) groups excluding carboxylic acids is 1. The van der Waals surface area contributed by atoms with E-state index in [1.807, 2.05) is 0 Å². The maximum Gasteiger partial charge on any atom is 0.340 e. The van der Waals surface area contributed by atoms with Crippen molar-refractivity contribution >= 4 is 23.3 Å². The Morgan fingerprint density at radius 3 is 2.70 bits per heavy atom. The summed E-state index contributed by atoms with van der Waals surface area (Å²) in [5, 5.41) is 0.606. The van der Waals surface area contributed by atoms with Gasteiger partial charge in [-0.2, -0.15) is 0 Å². The van der Waals surface area contributed by atoms with Gasteiger partial charge in [0, 0.05) is 11.1 Å². The van der Waals surface area contributed by atoms with Crippen molar-refractivity contribution in [2.75, 3.05) is 12.3 Å². The van der Waals surface area contributed by atoms with Crippen LogP contribution < -0.4 is 10.5 Å². The number of hydrogen-bond donors (Lipinski definition) is 1. The Morgan fingerprint density at radius 2 is 2.05 bits per heavy atom. The summed E-state index contributed by atoms with van der Waals surface area (Å²) in [6.45, 7) is 1.99. The molecule has 0 saturated heterocycles. The van der Waals surface area contributed by atoms with Crippen LogP contribution in [0.3, 0.4) is 0 Å². The number of hydrogen-bond acceptors (Lipinski definition) is 5. The van der Waals surface area contributed by atoms with Gasteiger partial charge >= 0.3 is 5.97 Å². The average molecular weight is 293 g/mol. The van der Waals surface area contributed by atoms with Crippen LogP contribution >= 0.6 is 11.6 Å². The fourth-order valence-electron chi connectivity index (χ4n) is 1.51. The molecule has 6 heteroatoms. The quantitative estimate of drug-likeness (QED) is 0.875. The molecule has 2 aromatic rings. The minimum Gasteiger partial charge on any atom is -0.462 e. The zero-order chi connectivity index (χ0) is 14.5. The van der Waals surface area contributed by atoms with Gasteiger partial charge in [0.05, 0.1) is 24.1 Å². The predicted molar refractivity (Wildman–Crippen MR) is 76.1 cm³/mol. The molecule has 0 saturated carbocycles. The highest BCUT2D eigenvalue weighted by Crippen LogP contribution is 2.24. The second-order valence-corrected chi connectivity index (χ2v) is 4.32. The minimum atomic E-state index is -0.506. The van der Waals surface area contributed by atoms with E-state index in [0.717, 1.165) is 0 Å². The van der Waals surface area contributed by atoms with Gasteiger partial charge in [0.2, 0.25) is 5.88 Å². The second-order valence-electron chi connectivity index (χ2n) is 3.89. The molecule has 1 heterocycles. The maximum absolute atomic E-state index is 11.7. The van der Waals surface area contributed by atoms with Crippen LogP contribution in [0.4, 0.5) is 5.69 Å². The van der Waals surface area contributed by atoms with E-state index in [0.29, 0.717) is 10.8 Å². The van der Waals surface area contributed by atoms with Crippen LogP contribution in [0.15, 0.2) is 36.5 Å². The highest BCUT2D eigenvalue weighted by atomic mass is 35.5. The highest BCUT2D eigenvalue weighted by Gasteiger charge is 2.13. The van der Waals surface area contributed by atoms with E-state index in [1.54, 1.807) is 31.2 Å². The van der Waals surface area contributed by atoms with Crippen molar-refractivity contribution in [1.29, 1.82) is 0 Å². The smallest absolute Gasteiger partial charge is 0.340 e. The Kier molecular flexibility index (Phi) is 4.42. The number of carbonyl (C=O) groups is 1. The van der Waals surface area contributed by atoms with Crippen molar-refractivity contribution in [3.05, 3.63) is 47.1 Å². The zero-order valence-corrected chi connectivity index (χ0v) is 11.6. The van der Waals surface area contributed by atoms with Gasteiger partial charge in [0.25, 0.3) is 0 Å². The maximum atomic E-state index is 11.7. The van der Waals surface area contributed by atoms with Gasteiger partial charge in [-0.1, -0.05) is 11.6 Å². The van der Waals surface area contributed by atoms with Crippen molar-refractivity contribution in [3.8, 4) is 11.6 Å². The number of pyridine rings is 1.